The van der Waals surface area contributed by atoms with Crippen molar-refractivity contribution in [1.82, 2.24) is 25.3 Å². The first-order valence-corrected chi connectivity index (χ1v) is 12.5. The monoisotopic (exact) mass is 513 g/mol. The molecule has 3 heterocycles. The van der Waals surface area contributed by atoms with E-state index in [1.54, 1.807) is 23.4 Å². The Balaban J connectivity index is 1.53. The number of nitrogens with zero attached hydrogens (tertiary/aromatic N) is 3. The number of carbonyl (C=O) groups is 4. The molecule has 4 rings (SSSR count). The highest BCUT2D eigenvalue weighted by Crippen LogP contribution is 2.28. The molecule has 2 aliphatic heterocycles. The van der Waals surface area contributed by atoms with Gasteiger partial charge in [-0.25, -0.2) is 4.39 Å². The summed E-state index contributed by atoms with van der Waals surface area (Å²) in [6, 6.07) is 3.08. The van der Waals surface area contributed by atoms with Gasteiger partial charge in [0, 0.05) is 43.7 Å². The van der Waals surface area contributed by atoms with Crippen LogP contribution in [0.4, 0.5) is 4.39 Å². The van der Waals surface area contributed by atoms with Crippen LogP contribution in [0.25, 0.3) is 0 Å². The van der Waals surface area contributed by atoms with Crippen molar-refractivity contribution in [2.75, 3.05) is 19.7 Å². The maximum absolute atomic E-state index is 13.9. The van der Waals surface area contributed by atoms with Crippen LogP contribution in [0.15, 0.2) is 18.2 Å². The molecular formula is C26H32FN5O5. The molecule has 0 unspecified atom stereocenters. The number of hydrogen-bond donors (Lipinski definition) is 2. The van der Waals surface area contributed by atoms with E-state index in [0.717, 1.165) is 6.07 Å². The molecule has 37 heavy (non-hydrogen) atoms. The van der Waals surface area contributed by atoms with Gasteiger partial charge in [-0.2, -0.15) is 5.10 Å². The Hall–Kier alpha value is -3.76. The molecule has 2 N–H and O–H groups in total. The average molecular weight is 514 g/mol. The lowest BCUT2D eigenvalue weighted by molar-refractivity contribution is -0.135. The quantitative estimate of drug-likeness (QED) is 0.603. The number of amides is 3. The van der Waals surface area contributed by atoms with E-state index in [9.17, 15) is 23.6 Å². The second-order valence-electron chi connectivity index (χ2n) is 9.51. The minimum atomic E-state index is -0.568. The second-order valence-corrected chi connectivity index (χ2v) is 9.51. The van der Waals surface area contributed by atoms with Crippen LogP contribution >= 0.6 is 0 Å². The zero-order chi connectivity index (χ0) is 26.7. The first-order valence-electron chi connectivity index (χ1n) is 12.5. The van der Waals surface area contributed by atoms with Gasteiger partial charge in [0.25, 0.3) is 5.91 Å². The molecule has 2 aromatic rings. The number of ether oxygens (including phenoxy) is 1. The fourth-order valence-electron chi connectivity index (χ4n) is 5.27. The molecule has 11 heteroatoms. The number of benzene rings is 1. The molecule has 10 nitrogen and oxygen atoms in total. The fourth-order valence-corrected chi connectivity index (χ4v) is 5.27. The summed E-state index contributed by atoms with van der Waals surface area (Å²) in [6.45, 7) is 5.82. The fraction of sp³-hybridized carbons (Fsp3) is 0.500. The van der Waals surface area contributed by atoms with E-state index in [4.69, 9.17) is 4.74 Å². The molecule has 0 spiro atoms. The number of Topliss-reactive ketones (excluding diaryl/α,β-unsaturated/α-hetero) is 1. The third-order valence-corrected chi connectivity index (χ3v) is 6.97. The number of rotatable bonds is 4. The molecule has 1 aromatic heterocycles. The predicted octanol–water partition coefficient (Wildman–Crippen LogP) is 1.92. The van der Waals surface area contributed by atoms with Crippen LogP contribution in [0.2, 0.25) is 0 Å². The van der Waals surface area contributed by atoms with Crippen LogP contribution in [0, 0.1) is 19.7 Å². The lowest BCUT2D eigenvalue weighted by Gasteiger charge is -2.31. The minimum Gasteiger partial charge on any atom is -0.491 e. The highest BCUT2D eigenvalue weighted by Gasteiger charge is 2.38. The first-order chi connectivity index (χ1) is 17.7. The van der Waals surface area contributed by atoms with Gasteiger partial charge in [-0.05, 0) is 51.8 Å². The summed E-state index contributed by atoms with van der Waals surface area (Å²) in [5.41, 5.74) is 1.95. The maximum Gasteiger partial charge on any atom is 0.255 e. The Morgan fingerprint density at radius 2 is 1.92 bits per heavy atom. The zero-order valence-electron chi connectivity index (χ0n) is 21.3. The van der Waals surface area contributed by atoms with Crippen LogP contribution in [0.3, 0.4) is 0 Å². The number of halogens is 1. The second kappa shape index (κ2) is 11.1. The standard InChI is InChI=1S/C26H32FN5O5/c1-15-25(17(3)33)16(2)31(30-15)10-8-24(35)32-19-5-6-20(32)14-29-26(36)21-12-18(27)4-7-22(21)37-11-9-28-23(34)13-19/h4,7,12,19-20H,5-6,8-11,13-14H2,1-3H3,(H,28,34)(H,29,36)/t19-,20+/m0/s1. The van der Waals surface area contributed by atoms with Crippen molar-refractivity contribution in [3.05, 3.63) is 46.5 Å². The number of hydrogen-bond acceptors (Lipinski definition) is 6. The van der Waals surface area contributed by atoms with Gasteiger partial charge in [-0.1, -0.05) is 0 Å². The number of carbonyl (C=O) groups excluding carboxylic acids is 4. The van der Waals surface area contributed by atoms with Crippen molar-refractivity contribution in [1.29, 1.82) is 0 Å². The van der Waals surface area contributed by atoms with E-state index in [1.165, 1.54) is 19.1 Å². The Labute approximate surface area is 214 Å². The van der Waals surface area contributed by atoms with Gasteiger partial charge < -0.3 is 20.3 Å². The molecule has 2 bridgehead atoms. The molecule has 0 saturated carbocycles. The van der Waals surface area contributed by atoms with Gasteiger partial charge in [-0.15, -0.1) is 0 Å². The smallest absolute Gasteiger partial charge is 0.255 e. The largest absolute Gasteiger partial charge is 0.491 e. The molecule has 1 saturated heterocycles. The van der Waals surface area contributed by atoms with E-state index in [0.29, 0.717) is 29.8 Å². The number of aryl methyl sites for hydroxylation is 2. The third kappa shape index (κ3) is 5.81. The summed E-state index contributed by atoms with van der Waals surface area (Å²) in [6.07, 6.45) is 1.51. The van der Waals surface area contributed by atoms with Gasteiger partial charge in [-0.3, -0.25) is 23.9 Å². The molecule has 3 amide bonds. The summed E-state index contributed by atoms with van der Waals surface area (Å²) in [7, 11) is 0. The minimum absolute atomic E-state index is 0.0570. The highest BCUT2D eigenvalue weighted by molar-refractivity contribution is 5.97. The maximum atomic E-state index is 13.9. The van der Waals surface area contributed by atoms with Crippen LogP contribution in [0.1, 0.15) is 64.7 Å². The molecule has 1 aromatic carbocycles. The predicted molar refractivity (Wildman–Crippen MR) is 132 cm³/mol. The summed E-state index contributed by atoms with van der Waals surface area (Å²) in [5, 5.41) is 10.0. The lowest BCUT2D eigenvalue weighted by Crippen LogP contribution is -2.48. The lowest BCUT2D eigenvalue weighted by atomic mass is 10.1. The first kappa shape index (κ1) is 26.3. The summed E-state index contributed by atoms with van der Waals surface area (Å²) >= 11 is 0. The molecule has 1 fully saturated rings. The van der Waals surface area contributed by atoms with Crippen molar-refractivity contribution in [2.24, 2.45) is 0 Å². The van der Waals surface area contributed by atoms with E-state index in [2.05, 4.69) is 15.7 Å². The van der Waals surface area contributed by atoms with E-state index in [1.807, 2.05) is 0 Å². The van der Waals surface area contributed by atoms with Crippen molar-refractivity contribution in [3.8, 4) is 5.75 Å². The number of ketones is 1. The average Bonchev–Trinajstić information content (AvgIpc) is 3.37. The topological polar surface area (TPSA) is 123 Å². The Bertz CT molecular complexity index is 1230. The third-order valence-electron chi connectivity index (χ3n) is 6.97. The van der Waals surface area contributed by atoms with E-state index >= 15 is 0 Å². The van der Waals surface area contributed by atoms with Crippen LogP contribution in [-0.2, 0) is 16.1 Å². The molecule has 0 radical (unpaired) electrons. The normalized spacial score (nSPS) is 20.4. The molecule has 2 aliphatic rings. The number of nitrogens with one attached hydrogen (secondary N) is 2. The van der Waals surface area contributed by atoms with Gasteiger partial charge in [0.05, 0.1) is 23.4 Å². The Morgan fingerprint density at radius 3 is 2.65 bits per heavy atom. The van der Waals surface area contributed by atoms with Crippen LogP contribution in [-0.4, -0.2) is 70.0 Å². The summed E-state index contributed by atoms with van der Waals surface area (Å²) in [4.78, 5) is 52.6. The van der Waals surface area contributed by atoms with Crippen LogP contribution in [0.5, 0.6) is 5.75 Å². The van der Waals surface area contributed by atoms with Crippen molar-refractivity contribution < 1.29 is 28.3 Å². The van der Waals surface area contributed by atoms with Crippen molar-refractivity contribution in [3.63, 3.8) is 0 Å². The number of fused-ring (bicyclic) bond motifs is 3. The SMILES string of the molecule is CC(=O)c1c(C)nn(CCC(=O)N2[C@@H]3CC[C@H]2CC(=O)NCCOc2ccc(F)cc2C(=O)NC3)c1C. The van der Waals surface area contributed by atoms with Crippen molar-refractivity contribution >= 4 is 23.5 Å². The van der Waals surface area contributed by atoms with Gasteiger partial charge in [0.1, 0.15) is 18.2 Å². The Kier molecular flexibility index (Phi) is 7.89. The number of aromatic nitrogens is 2. The van der Waals surface area contributed by atoms with Gasteiger partial charge >= 0.3 is 0 Å². The molecule has 0 aliphatic carbocycles. The van der Waals surface area contributed by atoms with Gasteiger partial charge in [0.15, 0.2) is 5.78 Å². The van der Waals surface area contributed by atoms with Crippen molar-refractivity contribution in [2.45, 2.75) is 65.1 Å². The summed E-state index contributed by atoms with van der Waals surface area (Å²) in [5.74, 6) is -1.27. The molecule has 198 valence electrons. The zero-order valence-corrected chi connectivity index (χ0v) is 21.3. The molecular weight excluding hydrogens is 481 g/mol. The van der Waals surface area contributed by atoms with E-state index in [-0.39, 0.29) is 80.1 Å². The van der Waals surface area contributed by atoms with Crippen LogP contribution < -0.4 is 15.4 Å². The summed E-state index contributed by atoms with van der Waals surface area (Å²) < 4.78 is 21.1. The highest BCUT2D eigenvalue weighted by atomic mass is 19.1. The van der Waals surface area contributed by atoms with E-state index < -0.39 is 11.7 Å². The molecule has 2 atom stereocenters. The van der Waals surface area contributed by atoms with Gasteiger partial charge in [0.2, 0.25) is 11.8 Å². The Morgan fingerprint density at radius 1 is 1.16 bits per heavy atom.